The van der Waals surface area contributed by atoms with Crippen LogP contribution >= 0.6 is 11.3 Å². The topological polar surface area (TPSA) is 93.2 Å². The molecule has 3 aromatic rings. The fraction of sp³-hybridized carbons (Fsp3) is 0.312. The average molecular weight is 359 g/mol. The number of nitrogens with zero attached hydrogens (tertiary/aromatic N) is 5. The molecule has 0 aliphatic rings. The van der Waals surface area contributed by atoms with Gasteiger partial charge in [-0.05, 0) is 32.0 Å². The van der Waals surface area contributed by atoms with Gasteiger partial charge in [-0.1, -0.05) is 10.3 Å². The number of ether oxygens (including phenoxy) is 1. The summed E-state index contributed by atoms with van der Waals surface area (Å²) in [5.41, 5.74) is 1.60. The normalized spacial score (nSPS) is 11.4. The van der Waals surface area contributed by atoms with Crippen molar-refractivity contribution < 1.29 is 14.1 Å². The van der Waals surface area contributed by atoms with Gasteiger partial charge < -0.3 is 14.2 Å². The zero-order valence-corrected chi connectivity index (χ0v) is 15.1. The van der Waals surface area contributed by atoms with Gasteiger partial charge in [0, 0.05) is 25.2 Å². The highest BCUT2D eigenvalue weighted by Crippen LogP contribution is 2.40. The molecule has 2 aromatic heterocycles. The number of hydrogen-bond donors (Lipinski definition) is 0. The molecule has 0 spiro atoms. The first-order chi connectivity index (χ1) is 12.0. The summed E-state index contributed by atoms with van der Waals surface area (Å²) >= 11 is 1.32. The van der Waals surface area contributed by atoms with Crippen LogP contribution in [-0.2, 0) is 4.74 Å². The van der Waals surface area contributed by atoms with Crippen molar-refractivity contribution in [1.82, 2.24) is 10.1 Å². The number of aromatic nitrogens is 2. The molecule has 9 heteroatoms. The molecule has 0 saturated heterocycles. The van der Waals surface area contributed by atoms with Gasteiger partial charge in [-0.3, -0.25) is 0 Å². The predicted octanol–water partition coefficient (Wildman–Crippen LogP) is 4.25. The van der Waals surface area contributed by atoms with E-state index in [0.717, 1.165) is 15.8 Å². The monoisotopic (exact) mass is 359 g/mol. The largest absolute Gasteiger partial charge is 0.462 e. The van der Waals surface area contributed by atoms with Gasteiger partial charge in [0.15, 0.2) is 5.82 Å². The molecule has 8 nitrogen and oxygen atoms in total. The molecule has 0 amide bonds. The molecule has 0 saturated carbocycles. The SMILES string of the molecule is CCOC(=O)c1cc2c(N(C)C)ccc(N=Nc3nc(C)no3)c2s1. The van der Waals surface area contributed by atoms with Crippen LogP contribution in [0.2, 0.25) is 0 Å². The van der Waals surface area contributed by atoms with Crippen LogP contribution in [0.5, 0.6) is 0 Å². The van der Waals surface area contributed by atoms with E-state index in [9.17, 15) is 4.79 Å². The van der Waals surface area contributed by atoms with Crippen molar-refractivity contribution in [3.63, 3.8) is 0 Å². The summed E-state index contributed by atoms with van der Waals surface area (Å²) in [4.78, 5) is 18.6. The molecule has 0 N–H and O–H groups in total. The second kappa shape index (κ2) is 6.98. The minimum atomic E-state index is -0.344. The Hall–Kier alpha value is -2.81. The fourth-order valence-corrected chi connectivity index (χ4v) is 3.32. The van der Waals surface area contributed by atoms with Gasteiger partial charge in [0.1, 0.15) is 10.6 Å². The van der Waals surface area contributed by atoms with Crippen LogP contribution in [0.3, 0.4) is 0 Å². The first-order valence-corrected chi connectivity index (χ1v) is 8.44. The van der Waals surface area contributed by atoms with E-state index in [1.165, 1.54) is 11.3 Å². The zero-order valence-electron chi connectivity index (χ0n) is 14.3. The predicted molar refractivity (Wildman–Crippen MR) is 95.3 cm³/mol. The van der Waals surface area contributed by atoms with Crippen molar-refractivity contribution in [1.29, 1.82) is 0 Å². The molecular weight excluding hydrogens is 342 g/mol. The Kier molecular flexibility index (Phi) is 4.75. The second-order valence-corrected chi connectivity index (χ2v) is 6.45. The number of carbonyl (C=O) groups excluding carboxylic acids is 1. The van der Waals surface area contributed by atoms with Gasteiger partial charge >= 0.3 is 12.0 Å². The van der Waals surface area contributed by atoms with Crippen molar-refractivity contribution in [2.24, 2.45) is 10.2 Å². The van der Waals surface area contributed by atoms with Gasteiger partial charge in [-0.2, -0.15) is 4.98 Å². The highest BCUT2D eigenvalue weighted by atomic mass is 32.1. The third kappa shape index (κ3) is 3.50. The standard InChI is InChI=1S/C16H17N5O3S/c1-5-23-15(22)13-8-10-12(21(3)4)7-6-11(14(10)25-13)18-19-16-17-9(2)20-24-16/h6-8H,5H2,1-4H3. The van der Waals surface area contributed by atoms with Crippen molar-refractivity contribution >= 4 is 44.8 Å². The summed E-state index contributed by atoms with van der Waals surface area (Å²) < 4.78 is 10.9. The minimum Gasteiger partial charge on any atom is -0.462 e. The van der Waals surface area contributed by atoms with E-state index in [2.05, 4.69) is 20.4 Å². The Morgan fingerprint density at radius 2 is 2.16 bits per heavy atom. The number of thiophene rings is 1. The molecule has 0 fully saturated rings. The highest BCUT2D eigenvalue weighted by Gasteiger charge is 2.17. The van der Waals surface area contributed by atoms with Crippen LogP contribution in [0.15, 0.2) is 33.0 Å². The summed E-state index contributed by atoms with van der Waals surface area (Å²) in [6, 6.07) is 5.68. The number of azo groups is 1. The maximum atomic E-state index is 12.1. The van der Waals surface area contributed by atoms with Crippen molar-refractivity contribution in [2.75, 3.05) is 25.6 Å². The zero-order chi connectivity index (χ0) is 18.0. The van der Waals surface area contributed by atoms with Crippen LogP contribution < -0.4 is 4.90 Å². The lowest BCUT2D eigenvalue weighted by Gasteiger charge is -2.13. The van der Waals surface area contributed by atoms with E-state index >= 15 is 0 Å². The molecule has 0 aliphatic carbocycles. The van der Waals surface area contributed by atoms with Crippen molar-refractivity contribution in [2.45, 2.75) is 13.8 Å². The number of esters is 1. The number of rotatable bonds is 5. The molecular formula is C16H17N5O3S. The lowest BCUT2D eigenvalue weighted by molar-refractivity contribution is 0.0532. The summed E-state index contributed by atoms with van der Waals surface area (Å²) in [6.45, 7) is 3.82. The molecule has 1 aromatic carbocycles. The molecule has 3 rings (SSSR count). The Bertz CT molecular complexity index is 945. The summed E-state index contributed by atoms with van der Waals surface area (Å²) in [6.07, 6.45) is 0. The van der Waals surface area contributed by atoms with Gasteiger partial charge in [0.05, 0.1) is 11.3 Å². The van der Waals surface area contributed by atoms with E-state index in [-0.39, 0.29) is 12.0 Å². The van der Waals surface area contributed by atoms with E-state index in [1.807, 2.05) is 37.2 Å². The summed E-state index contributed by atoms with van der Waals surface area (Å²) in [7, 11) is 3.89. The van der Waals surface area contributed by atoms with Crippen LogP contribution in [0.4, 0.5) is 17.4 Å². The Morgan fingerprint density at radius 3 is 2.80 bits per heavy atom. The maximum Gasteiger partial charge on any atom is 0.366 e. The van der Waals surface area contributed by atoms with Crippen LogP contribution in [0, 0.1) is 6.92 Å². The molecule has 0 atom stereocenters. The molecule has 130 valence electrons. The number of fused-ring (bicyclic) bond motifs is 1. The molecule has 0 aliphatic heterocycles. The minimum absolute atomic E-state index is 0.0875. The van der Waals surface area contributed by atoms with Crippen LogP contribution in [0.25, 0.3) is 10.1 Å². The molecule has 2 heterocycles. The van der Waals surface area contributed by atoms with Gasteiger partial charge in [0.25, 0.3) is 0 Å². The Morgan fingerprint density at radius 1 is 1.36 bits per heavy atom. The van der Waals surface area contributed by atoms with E-state index < -0.39 is 0 Å². The van der Waals surface area contributed by atoms with Crippen molar-refractivity contribution in [3.8, 4) is 0 Å². The highest BCUT2D eigenvalue weighted by molar-refractivity contribution is 7.21. The third-order valence-electron chi connectivity index (χ3n) is 3.36. The molecule has 0 radical (unpaired) electrons. The summed E-state index contributed by atoms with van der Waals surface area (Å²) in [5.74, 6) is 0.145. The Balaban J connectivity index is 2.07. The van der Waals surface area contributed by atoms with Gasteiger partial charge in [0.2, 0.25) is 0 Å². The number of hydrogen-bond acceptors (Lipinski definition) is 9. The quantitative estimate of drug-likeness (QED) is 0.499. The maximum absolute atomic E-state index is 12.1. The van der Waals surface area contributed by atoms with E-state index in [0.29, 0.717) is 23.0 Å². The number of anilines is 1. The summed E-state index contributed by atoms with van der Waals surface area (Å²) in [5, 5.41) is 12.8. The Labute approximate surface area is 148 Å². The third-order valence-corrected chi connectivity index (χ3v) is 4.50. The second-order valence-electron chi connectivity index (χ2n) is 5.40. The first kappa shape index (κ1) is 17.0. The molecule has 0 bridgehead atoms. The van der Waals surface area contributed by atoms with Gasteiger partial charge in [-0.15, -0.1) is 16.5 Å². The number of aryl methyl sites for hydroxylation is 1. The lowest BCUT2D eigenvalue weighted by Crippen LogP contribution is -2.08. The smallest absolute Gasteiger partial charge is 0.366 e. The van der Waals surface area contributed by atoms with E-state index in [4.69, 9.17) is 9.26 Å². The fourth-order valence-electron chi connectivity index (χ4n) is 2.29. The molecule has 25 heavy (non-hydrogen) atoms. The molecule has 0 unspecified atom stereocenters. The van der Waals surface area contributed by atoms with Gasteiger partial charge in [-0.25, -0.2) is 4.79 Å². The van der Waals surface area contributed by atoms with E-state index in [1.54, 1.807) is 13.8 Å². The van der Waals surface area contributed by atoms with Crippen LogP contribution in [0.1, 0.15) is 22.4 Å². The van der Waals surface area contributed by atoms with Crippen molar-refractivity contribution in [3.05, 3.63) is 28.9 Å². The number of benzene rings is 1. The van der Waals surface area contributed by atoms with Crippen LogP contribution in [-0.4, -0.2) is 36.8 Å². The number of carbonyl (C=O) groups is 1. The first-order valence-electron chi connectivity index (χ1n) is 7.62. The average Bonchev–Trinajstić information content (AvgIpc) is 3.19. The lowest BCUT2D eigenvalue weighted by atomic mass is 10.2.